The molecule has 4 heteroatoms. The van der Waals surface area contributed by atoms with Gasteiger partial charge in [-0.05, 0) is 36.1 Å². The SMILES string of the molecule is Cc1cccc(/C=C2\CCn3c2nc2scc(-c4ccccc4)c2c3=O)c1. The smallest absolute Gasteiger partial charge is 0.263 e. The van der Waals surface area contributed by atoms with Gasteiger partial charge in [0, 0.05) is 17.5 Å². The van der Waals surface area contributed by atoms with E-state index in [-0.39, 0.29) is 5.56 Å². The van der Waals surface area contributed by atoms with Gasteiger partial charge in [-0.1, -0.05) is 60.2 Å². The maximum Gasteiger partial charge on any atom is 0.263 e. The average molecular weight is 370 g/mol. The molecule has 0 spiro atoms. The van der Waals surface area contributed by atoms with Gasteiger partial charge in [0.15, 0.2) is 0 Å². The van der Waals surface area contributed by atoms with Gasteiger partial charge in [0.2, 0.25) is 0 Å². The van der Waals surface area contributed by atoms with E-state index >= 15 is 0 Å². The van der Waals surface area contributed by atoms with E-state index in [9.17, 15) is 4.79 Å². The summed E-state index contributed by atoms with van der Waals surface area (Å²) < 4.78 is 1.84. The lowest BCUT2D eigenvalue weighted by Crippen LogP contribution is -2.20. The summed E-state index contributed by atoms with van der Waals surface area (Å²) in [5, 5.41) is 2.79. The average Bonchev–Trinajstić information content (AvgIpc) is 3.28. The number of allylic oxidation sites excluding steroid dienone is 1. The molecule has 2 aromatic heterocycles. The first kappa shape index (κ1) is 16.2. The van der Waals surface area contributed by atoms with Crippen LogP contribution in [0.4, 0.5) is 0 Å². The molecule has 5 rings (SSSR count). The molecule has 2 aromatic carbocycles. The summed E-state index contributed by atoms with van der Waals surface area (Å²) in [6.07, 6.45) is 3.00. The Hall–Kier alpha value is -2.98. The molecule has 0 unspecified atom stereocenters. The van der Waals surface area contributed by atoms with E-state index in [1.165, 1.54) is 5.56 Å². The van der Waals surface area contributed by atoms with Crippen LogP contribution in [0.25, 0.3) is 33.0 Å². The van der Waals surface area contributed by atoms with Crippen LogP contribution in [0, 0.1) is 6.92 Å². The van der Waals surface area contributed by atoms with Gasteiger partial charge >= 0.3 is 0 Å². The Morgan fingerprint density at radius 3 is 2.78 bits per heavy atom. The van der Waals surface area contributed by atoms with Crippen molar-refractivity contribution in [2.45, 2.75) is 19.9 Å². The Bertz CT molecular complexity index is 1250. The van der Waals surface area contributed by atoms with Crippen molar-refractivity contribution >= 4 is 33.2 Å². The van der Waals surface area contributed by atoms with Gasteiger partial charge in [-0.3, -0.25) is 9.36 Å². The number of hydrogen-bond acceptors (Lipinski definition) is 3. The zero-order valence-electron chi connectivity index (χ0n) is 15.0. The zero-order valence-corrected chi connectivity index (χ0v) is 15.8. The van der Waals surface area contributed by atoms with Crippen molar-refractivity contribution in [1.29, 1.82) is 0 Å². The van der Waals surface area contributed by atoms with Crippen molar-refractivity contribution in [3.05, 3.63) is 87.3 Å². The minimum atomic E-state index is 0.0720. The predicted octanol–water partition coefficient (Wildman–Crippen LogP) is 5.38. The summed E-state index contributed by atoms with van der Waals surface area (Å²) in [4.78, 5) is 18.9. The fraction of sp³-hybridized carbons (Fsp3) is 0.130. The van der Waals surface area contributed by atoms with E-state index in [2.05, 4.69) is 37.3 Å². The topological polar surface area (TPSA) is 34.9 Å². The fourth-order valence-electron chi connectivity index (χ4n) is 3.75. The number of benzene rings is 2. The number of thiophene rings is 1. The van der Waals surface area contributed by atoms with Crippen molar-refractivity contribution in [2.24, 2.45) is 0 Å². The van der Waals surface area contributed by atoms with Gasteiger partial charge in [-0.2, -0.15) is 0 Å². The molecule has 0 fully saturated rings. The molecule has 1 aliphatic heterocycles. The second-order valence-corrected chi connectivity index (χ2v) is 7.78. The van der Waals surface area contributed by atoms with Gasteiger partial charge < -0.3 is 0 Å². The summed E-state index contributed by atoms with van der Waals surface area (Å²) >= 11 is 1.55. The second-order valence-electron chi connectivity index (χ2n) is 6.92. The van der Waals surface area contributed by atoms with Crippen LogP contribution >= 0.6 is 11.3 Å². The molecule has 132 valence electrons. The van der Waals surface area contributed by atoms with Crippen LogP contribution in [0.15, 0.2) is 64.8 Å². The highest BCUT2D eigenvalue weighted by Crippen LogP contribution is 2.34. The molecular weight excluding hydrogens is 352 g/mol. The van der Waals surface area contributed by atoms with Crippen LogP contribution in [0.2, 0.25) is 0 Å². The van der Waals surface area contributed by atoms with E-state index in [1.807, 2.05) is 40.3 Å². The Morgan fingerprint density at radius 1 is 1.11 bits per heavy atom. The third-order valence-electron chi connectivity index (χ3n) is 5.05. The van der Waals surface area contributed by atoms with E-state index < -0.39 is 0 Å². The standard InChI is InChI=1S/C23H18N2OS/c1-15-6-5-7-16(12-15)13-18-10-11-25-21(18)24-22-20(23(25)26)19(14-27-22)17-8-3-2-4-9-17/h2-9,12-14H,10-11H2,1H3/b18-13+. The van der Waals surface area contributed by atoms with Crippen molar-refractivity contribution in [3.63, 3.8) is 0 Å². The van der Waals surface area contributed by atoms with Gasteiger partial charge in [0.05, 0.1) is 5.39 Å². The molecular formula is C23H18N2OS. The summed E-state index contributed by atoms with van der Waals surface area (Å²) in [6.45, 7) is 2.78. The Kier molecular flexibility index (Phi) is 3.80. The lowest BCUT2D eigenvalue weighted by atomic mass is 10.1. The van der Waals surface area contributed by atoms with Gasteiger partial charge in [-0.15, -0.1) is 11.3 Å². The van der Waals surface area contributed by atoms with Crippen LogP contribution < -0.4 is 5.56 Å². The van der Waals surface area contributed by atoms with E-state index in [4.69, 9.17) is 4.98 Å². The largest absolute Gasteiger partial charge is 0.292 e. The van der Waals surface area contributed by atoms with Gasteiger partial charge in [0.25, 0.3) is 5.56 Å². The van der Waals surface area contributed by atoms with Crippen LogP contribution in [0.5, 0.6) is 0 Å². The number of rotatable bonds is 2. The molecule has 1 aliphatic rings. The first-order chi connectivity index (χ1) is 13.2. The second kappa shape index (κ2) is 6.32. The first-order valence-corrected chi connectivity index (χ1v) is 9.94. The molecule has 0 N–H and O–H groups in total. The predicted molar refractivity (Wildman–Crippen MR) is 113 cm³/mol. The van der Waals surface area contributed by atoms with E-state index in [0.29, 0.717) is 6.54 Å². The van der Waals surface area contributed by atoms with Gasteiger partial charge in [-0.25, -0.2) is 4.98 Å². The molecule has 0 amide bonds. The van der Waals surface area contributed by atoms with Crippen molar-refractivity contribution in [1.82, 2.24) is 9.55 Å². The van der Waals surface area contributed by atoms with Crippen molar-refractivity contribution in [2.75, 3.05) is 0 Å². The van der Waals surface area contributed by atoms with Crippen LogP contribution in [-0.2, 0) is 6.54 Å². The van der Waals surface area contributed by atoms with Crippen LogP contribution in [0.1, 0.15) is 23.4 Å². The molecule has 0 atom stereocenters. The highest BCUT2D eigenvalue weighted by molar-refractivity contribution is 7.17. The molecule has 0 bridgehead atoms. The first-order valence-electron chi connectivity index (χ1n) is 9.06. The summed E-state index contributed by atoms with van der Waals surface area (Å²) in [5.74, 6) is 0.815. The van der Waals surface area contributed by atoms with E-state index in [1.54, 1.807) is 11.3 Å². The highest BCUT2D eigenvalue weighted by Gasteiger charge is 2.23. The Balaban J connectivity index is 1.68. The lowest BCUT2D eigenvalue weighted by Gasteiger charge is -2.05. The lowest BCUT2D eigenvalue weighted by molar-refractivity contribution is 0.726. The minimum absolute atomic E-state index is 0.0720. The summed E-state index contributed by atoms with van der Waals surface area (Å²) in [6, 6.07) is 18.5. The van der Waals surface area contributed by atoms with Crippen molar-refractivity contribution < 1.29 is 0 Å². The fourth-order valence-corrected chi connectivity index (χ4v) is 4.69. The number of fused-ring (bicyclic) bond motifs is 2. The molecule has 0 radical (unpaired) electrons. The molecule has 3 nitrogen and oxygen atoms in total. The monoisotopic (exact) mass is 370 g/mol. The quantitative estimate of drug-likeness (QED) is 0.475. The van der Waals surface area contributed by atoms with Gasteiger partial charge in [0.1, 0.15) is 10.7 Å². The highest BCUT2D eigenvalue weighted by atomic mass is 32.1. The summed E-state index contributed by atoms with van der Waals surface area (Å²) in [5.41, 5.74) is 5.64. The zero-order chi connectivity index (χ0) is 18.4. The van der Waals surface area contributed by atoms with Crippen molar-refractivity contribution in [3.8, 4) is 11.1 Å². The summed E-state index contributed by atoms with van der Waals surface area (Å²) in [7, 11) is 0. The molecule has 4 aromatic rings. The normalized spacial score (nSPS) is 14.8. The Labute approximate surface area is 161 Å². The number of aromatic nitrogens is 2. The third kappa shape index (κ3) is 2.73. The minimum Gasteiger partial charge on any atom is -0.292 e. The maximum atomic E-state index is 13.2. The molecule has 0 saturated carbocycles. The molecule has 27 heavy (non-hydrogen) atoms. The molecule has 0 aliphatic carbocycles. The molecule has 3 heterocycles. The number of nitrogens with zero attached hydrogens (tertiary/aromatic N) is 2. The third-order valence-corrected chi connectivity index (χ3v) is 5.93. The number of aryl methyl sites for hydroxylation is 1. The van der Waals surface area contributed by atoms with E-state index in [0.717, 1.165) is 44.7 Å². The van der Waals surface area contributed by atoms with Crippen LogP contribution in [-0.4, -0.2) is 9.55 Å². The van der Waals surface area contributed by atoms with Crippen LogP contribution in [0.3, 0.4) is 0 Å². The number of hydrogen-bond donors (Lipinski definition) is 0. The maximum absolute atomic E-state index is 13.2. The Morgan fingerprint density at radius 2 is 1.96 bits per heavy atom. The molecule has 0 saturated heterocycles.